The van der Waals surface area contributed by atoms with Crippen LogP contribution in [0, 0.1) is 0 Å². The summed E-state index contributed by atoms with van der Waals surface area (Å²) in [4.78, 5) is 31.0. The molecule has 29 heavy (non-hydrogen) atoms. The average molecular weight is 416 g/mol. The van der Waals surface area contributed by atoms with Crippen LogP contribution >= 0.6 is 11.6 Å². The van der Waals surface area contributed by atoms with Crippen LogP contribution in [0.2, 0.25) is 5.02 Å². The number of pyridine rings is 1. The van der Waals surface area contributed by atoms with E-state index in [0.29, 0.717) is 66.8 Å². The molecule has 0 saturated carbocycles. The first-order valence-corrected chi connectivity index (χ1v) is 10.1. The molecule has 2 aliphatic rings. The van der Waals surface area contributed by atoms with Crippen LogP contribution in [0.1, 0.15) is 40.0 Å². The molecule has 1 N–H and O–H groups in total. The Morgan fingerprint density at radius 2 is 1.93 bits per heavy atom. The Bertz CT molecular complexity index is 898. The van der Waals surface area contributed by atoms with E-state index in [1.54, 1.807) is 41.6 Å². The predicted octanol–water partition coefficient (Wildman–Crippen LogP) is 2.93. The summed E-state index contributed by atoms with van der Waals surface area (Å²) >= 11 is 6.31. The number of benzene rings is 1. The van der Waals surface area contributed by atoms with Crippen molar-refractivity contribution in [1.29, 1.82) is 0 Å². The van der Waals surface area contributed by atoms with Gasteiger partial charge in [-0.3, -0.25) is 14.6 Å². The summed E-state index contributed by atoms with van der Waals surface area (Å²) in [5, 5.41) is 3.40. The van der Waals surface area contributed by atoms with Gasteiger partial charge in [-0.25, -0.2) is 0 Å². The van der Waals surface area contributed by atoms with Crippen molar-refractivity contribution in [2.45, 2.75) is 25.3 Å². The zero-order chi connectivity index (χ0) is 20.2. The fourth-order valence-electron chi connectivity index (χ4n) is 3.53. The van der Waals surface area contributed by atoms with Crippen LogP contribution in [0.25, 0.3) is 0 Å². The molecule has 7 nitrogen and oxygen atoms in total. The summed E-state index contributed by atoms with van der Waals surface area (Å²) in [5.41, 5.74) is 1.02. The van der Waals surface area contributed by atoms with Gasteiger partial charge in [0.05, 0.1) is 23.8 Å². The molecule has 8 heteroatoms. The molecule has 1 saturated heterocycles. The zero-order valence-electron chi connectivity index (χ0n) is 15.9. The highest BCUT2D eigenvalue weighted by atomic mass is 35.5. The van der Waals surface area contributed by atoms with Crippen LogP contribution in [0.4, 0.5) is 0 Å². The maximum absolute atomic E-state index is 12.9. The number of carbonyl (C=O) groups is 2. The molecule has 2 aromatic rings. The largest absolute Gasteiger partial charge is 0.489 e. The van der Waals surface area contributed by atoms with Crippen molar-refractivity contribution < 1.29 is 19.1 Å². The number of hydrogen-bond donors (Lipinski definition) is 1. The van der Waals surface area contributed by atoms with Crippen LogP contribution in [0.15, 0.2) is 36.7 Å². The van der Waals surface area contributed by atoms with Gasteiger partial charge >= 0.3 is 0 Å². The van der Waals surface area contributed by atoms with Crippen molar-refractivity contribution in [3.8, 4) is 11.5 Å². The number of aromatic nitrogens is 1. The quantitative estimate of drug-likeness (QED) is 0.833. The lowest BCUT2D eigenvalue weighted by Crippen LogP contribution is -2.46. The van der Waals surface area contributed by atoms with Crippen molar-refractivity contribution in [2.24, 2.45) is 0 Å². The van der Waals surface area contributed by atoms with Gasteiger partial charge in [-0.05, 0) is 37.1 Å². The summed E-state index contributed by atoms with van der Waals surface area (Å²) in [6.07, 6.45) is 5.33. The molecule has 1 fully saturated rings. The van der Waals surface area contributed by atoms with Gasteiger partial charge in [0, 0.05) is 43.5 Å². The normalized spacial score (nSPS) is 16.8. The monoisotopic (exact) mass is 415 g/mol. The molecule has 0 unspecified atom stereocenters. The Morgan fingerprint density at radius 1 is 1.14 bits per heavy atom. The molecule has 0 radical (unpaired) electrons. The second-order valence-electron chi connectivity index (χ2n) is 7.12. The summed E-state index contributed by atoms with van der Waals surface area (Å²) in [6.45, 7) is 2.19. The number of carbonyl (C=O) groups excluding carboxylic acids is 2. The fraction of sp³-hybridized carbons (Fsp3) is 0.381. The van der Waals surface area contributed by atoms with Crippen molar-refractivity contribution in [2.75, 3.05) is 26.3 Å². The number of hydrogen-bond acceptors (Lipinski definition) is 5. The van der Waals surface area contributed by atoms with Gasteiger partial charge < -0.3 is 19.7 Å². The number of halogens is 1. The second kappa shape index (κ2) is 8.69. The first-order chi connectivity index (χ1) is 14.1. The Hall–Kier alpha value is -2.80. The van der Waals surface area contributed by atoms with Crippen LogP contribution in [0.3, 0.4) is 0 Å². The average Bonchev–Trinajstić information content (AvgIpc) is 3.00. The van der Waals surface area contributed by atoms with Crippen LogP contribution in [0.5, 0.6) is 11.5 Å². The molecule has 4 rings (SSSR count). The van der Waals surface area contributed by atoms with E-state index in [9.17, 15) is 9.59 Å². The van der Waals surface area contributed by atoms with E-state index in [1.165, 1.54) is 0 Å². The lowest BCUT2D eigenvalue weighted by Gasteiger charge is -2.32. The first kappa shape index (κ1) is 19.5. The number of likely N-dealkylation sites (tertiary alicyclic amines) is 1. The van der Waals surface area contributed by atoms with E-state index in [1.807, 2.05) is 0 Å². The van der Waals surface area contributed by atoms with Gasteiger partial charge in [0.1, 0.15) is 0 Å². The van der Waals surface area contributed by atoms with Gasteiger partial charge in [-0.1, -0.05) is 11.6 Å². The molecule has 0 spiro atoms. The highest BCUT2D eigenvalue weighted by molar-refractivity contribution is 6.32. The van der Waals surface area contributed by atoms with Crippen LogP contribution in [-0.4, -0.2) is 54.0 Å². The van der Waals surface area contributed by atoms with Crippen molar-refractivity contribution >= 4 is 23.4 Å². The molecule has 152 valence electrons. The maximum atomic E-state index is 12.9. The molecule has 1 aromatic carbocycles. The number of nitrogens with one attached hydrogen (secondary N) is 1. The summed E-state index contributed by atoms with van der Waals surface area (Å²) in [7, 11) is 0. The van der Waals surface area contributed by atoms with Gasteiger partial charge in [0.25, 0.3) is 11.8 Å². The van der Waals surface area contributed by atoms with Gasteiger partial charge in [0.2, 0.25) is 0 Å². The third-order valence-electron chi connectivity index (χ3n) is 5.09. The number of ether oxygens (including phenoxy) is 2. The number of piperidine rings is 1. The number of fused-ring (bicyclic) bond motifs is 1. The number of rotatable bonds is 3. The lowest BCUT2D eigenvalue weighted by atomic mass is 10.0. The van der Waals surface area contributed by atoms with Gasteiger partial charge in [-0.15, -0.1) is 0 Å². The fourth-order valence-corrected chi connectivity index (χ4v) is 3.79. The zero-order valence-corrected chi connectivity index (χ0v) is 16.7. The Kier molecular flexibility index (Phi) is 5.85. The smallest absolute Gasteiger partial charge is 0.254 e. The van der Waals surface area contributed by atoms with E-state index < -0.39 is 0 Å². The molecule has 1 aromatic heterocycles. The second-order valence-corrected chi connectivity index (χ2v) is 7.52. The number of nitrogens with zero attached hydrogens (tertiary/aromatic N) is 2. The van der Waals surface area contributed by atoms with Crippen LogP contribution < -0.4 is 14.8 Å². The molecule has 2 aliphatic heterocycles. The molecule has 3 heterocycles. The summed E-state index contributed by atoms with van der Waals surface area (Å²) in [5.74, 6) is 0.770. The van der Waals surface area contributed by atoms with E-state index in [-0.39, 0.29) is 17.9 Å². The number of amides is 2. The molecule has 2 amide bonds. The van der Waals surface area contributed by atoms with Crippen molar-refractivity contribution in [1.82, 2.24) is 15.2 Å². The molecule has 0 aliphatic carbocycles. The Balaban J connectivity index is 1.37. The molecular formula is C21H22ClN3O4. The van der Waals surface area contributed by atoms with Gasteiger partial charge in [-0.2, -0.15) is 0 Å². The minimum Gasteiger partial charge on any atom is -0.489 e. The van der Waals surface area contributed by atoms with E-state index in [0.717, 1.165) is 6.42 Å². The van der Waals surface area contributed by atoms with Gasteiger partial charge in [0.15, 0.2) is 11.5 Å². The highest BCUT2D eigenvalue weighted by Crippen LogP contribution is 2.38. The molecular weight excluding hydrogens is 394 g/mol. The van der Waals surface area contributed by atoms with Crippen molar-refractivity contribution in [3.63, 3.8) is 0 Å². The first-order valence-electron chi connectivity index (χ1n) is 9.71. The van der Waals surface area contributed by atoms with Crippen LogP contribution in [-0.2, 0) is 0 Å². The summed E-state index contributed by atoms with van der Waals surface area (Å²) < 4.78 is 11.3. The lowest BCUT2D eigenvalue weighted by molar-refractivity contribution is 0.0697. The van der Waals surface area contributed by atoms with E-state index in [4.69, 9.17) is 21.1 Å². The minimum absolute atomic E-state index is 0.0270. The summed E-state index contributed by atoms with van der Waals surface area (Å²) in [6, 6.07) is 6.82. The Labute approximate surface area is 174 Å². The SMILES string of the molecule is O=C(NC1CCN(C(=O)c2cc(Cl)c3c(c2)OCCCO3)CC1)c1cccnc1. The topological polar surface area (TPSA) is 80.8 Å². The Morgan fingerprint density at radius 3 is 2.69 bits per heavy atom. The third kappa shape index (κ3) is 4.45. The van der Waals surface area contributed by atoms with E-state index >= 15 is 0 Å². The van der Waals surface area contributed by atoms with Crippen molar-refractivity contribution in [3.05, 3.63) is 52.8 Å². The highest BCUT2D eigenvalue weighted by Gasteiger charge is 2.26. The molecule has 0 bridgehead atoms. The maximum Gasteiger partial charge on any atom is 0.254 e. The predicted molar refractivity (Wildman–Crippen MR) is 108 cm³/mol. The molecule has 0 atom stereocenters. The van der Waals surface area contributed by atoms with E-state index in [2.05, 4.69) is 10.3 Å². The third-order valence-corrected chi connectivity index (χ3v) is 5.37. The standard InChI is InChI=1S/C21H22ClN3O4/c22-17-11-15(12-18-19(17)29-10-2-9-28-18)21(27)25-7-4-16(5-8-25)24-20(26)14-3-1-6-23-13-14/h1,3,6,11-13,16H,2,4-5,7-10H2,(H,24,26). The minimum atomic E-state index is -0.141.